The number of halogens is 1. The number of hydrogen-bond donors (Lipinski definition) is 1. The number of aromatic nitrogens is 2. The maximum Gasteiger partial charge on any atom is 0.260 e. The van der Waals surface area contributed by atoms with Gasteiger partial charge in [-0.3, -0.25) is 9.69 Å². The van der Waals surface area contributed by atoms with E-state index in [0.29, 0.717) is 31.3 Å². The van der Waals surface area contributed by atoms with Crippen molar-refractivity contribution in [2.24, 2.45) is 0 Å². The van der Waals surface area contributed by atoms with Crippen LogP contribution in [0.1, 0.15) is 17.8 Å². The molecule has 0 saturated carbocycles. The Labute approximate surface area is 158 Å². The molecule has 144 valence electrons. The van der Waals surface area contributed by atoms with Gasteiger partial charge in [0.15, 0.2) is 18.2 Å². The molecule has 3 rings (SSSR count). The molecule has 0 bridgehead atoms. The first-order valence-corrected chi connectivity index (χ1v) is 8.86. The van der Waals surface area contributed by atoms with E-state index in [9.17, 15) is 9.18 Å². The molecule has 8 heteroatoms. The third kappa shape index (κ3) is 4.91. The predicted molar refractivity (Wildman–Crippen MR) is 99.5 cm³/mol. The second-order valence-corrected chi connectivity index (χ2v) is 6.82. The summed E-state index contributed by atoms with van der Waals surface area (Å²) in [5.41, 5.74) is 6.57. The highest BCUT2D eigenvalue weighted by Crippen LogP contribution is 2.20. The van der Waals surface area contributed by atoms with Gasteiger partial charge in [0.2, 0.25) is 0 Å². The Bertz CT molecular complexity index is 816. The van der Waals surface area contributed by atoms with Gasteiger partial charge in [-0.2, -0.15) is 0 Å². The minimum absolute atomic E-state index is 0.107. The lowest BCUT2D eigenvalue weighted by Gasteiger charge is -2.24. The van der Waals surface area contributed by atoms with Gasteiger partial charge in [0, 0.05) is 25.3 Å². The molecule has 1 atom stereocenters. The lowest BCUT2D eigenvalue weighted by atomic mass is 10.2. The van der Waals surface area contributed by atoms with Gasteiger partial charge in [-0.15, -0.1) is 0 Å². The van der Waals surface area contributed by atoms with Crippen LogP contribution in [0.15, 0.2) is 30.5 Å². The summed E-state index contributed by atoms with van der Waals surface area (Å²) in [6, 6.07) is 6.45. The number of aryl methyl sites for hydroxylation is 1. The summed E-state index contributed by atoms with van der Waals surface area (Å²) >= 11 is 0. The Morgan fingerprint density at radius 2 is 2.26 bits per heavy atom. The van der Waals surface area contributed by atoms with Crippen LogP contribution >= 0.6 is 0 Å². The van der Waals surface area contributed by atoms with Gasteiger partial charge in [-0.1, -0.05) is 6.07 Å². The Kier molecular flexibility index (Phi) is 5.85. The topological polar surface area (TPSA) is 84.6 Å². The molecule has 0 radical (unpaired) electrons. The zero-order valence-corrected chi connectivity index (χ0v) is 15.6. The number of amides is 1. The summed E-state index contributed by atoms with van der Waals surface area (Å²) in [6.45, 7) is 3.47. The first kappa shape index (κ1) is 19.0. The van der Waals surface area contributed by atoms with Gasteiger partial charge in [0.05, 0.1) is 6.54 Å². The van der Waals surface area contributed by atoms with E-state index in [2.05, 4.69) is 14.9 Å². The van der Waals surface area contributed by atoms with Gasteiger partial charge >= 0.3 is 0 Å². The average Bonchev–Trinajstić information content (AvgIpc) is 3.12. The van der Waals surface area contributed by atoms with Crippen molar-refractivity contribution in [2.75, 3.05) is 32.5 Å². The fourth-order valence-corrected chi connectivity index (χ4v) is 3.12. The van der Waals surface area contributed by atoms with Crippen LogP contribution in [0.3, 0.4) is 0 Å². The zero-order chi connectivity index (χ0) is 19.4. The first-order chi connectivity index (χ1) is 12.9. The highest BCUT2D eigenvalue weighted by molar-refractivity contribution is 5.78. The normalized spacial score (nSPS) is 16.7. The summed E-state index contributed by atoms with van der Waals surface area (Å²) < 4.78 is 19.1. The summed E-state index contributed by atoms with van der Waals surface area (Å²) in [7, 11) is 1.98. The molecule has 0 spiro atoms. The third-order valence-corrected chi connectivity index (χ3v) is 4.70. The fraction of sp³-hybridized carbons (Fsp3) is 0.421. The van der Waals surface area contributed by atoms with Crippen LogP contribution in [0.4, 0.5) is 10.2 Å². The molecule has 1 aliphatic rings. The molecule has 0 aliphatic carbocycles. The van der Waals surface area contributed by atoms with E-state index in [1.807, 2.05) is 14.0 Å². The SMILES string of the molecule is Cc1ccc(F)c(OCC(=O)N2CC[C@@H](N(C)Cc3nccc(N)n3)C2)c1. The number of benzene rings is 1. The summed E-state index contributed by atoms with van der Waals surface area (Å²) in [5, 5.41) is 0. The quantitative estimate of drug-likeness (QED) is 0.828. The molecular weight excluding hydrogens is 349 g/mol. The number of likely N-dealkylation sites (tertiary alicyclic amines) is 1. The van der Waals surface area contributed by atoms with Crippen LogP contribution in [0.25, 0.3) is 0 Å². The third-order valence-electron chi connectivity index (χ3n) is 4.70. The van der Waals surface area contributed by atoms with Crippen molar-refractivity contribution in [3.63, 3.8) is 0 Å². The van der Waals surface area contributed by atoms with Crippen LogP contribution in [0, 0.1) is 12.7 Å². The van der Waals surface area contributed by atoms with E-state index >= 15 is 0 Å². The minimum atomic E-state index is -0.463. The van der Waals surface area contributed by atoms with E-state index in [1.54, 1.807) is 29.3 Å². The molecule has 27 heavy (non-hydrogen) atoms. The maximum absolute atomic E-state index is 13.7. The number of carbonyl (C=O) groups is 1. The Balaban J connectivity index is 1.51. The first-order valence-electron chi connectivity index (χ1n) is 8.86. The number of nitrogens with zero attached hydrogens (tertiary/aromatic N) is 4. The zero-order valence-electron chi connectivity index (χ0n) is 15.6. The van der Waals surface area contributed by atoms with Crippen LogP contribution < -0.4 is 10.5 Å². The molecule has 1 aromatic heterocycles. The summed E-state index contributed by atoms with van der Waals surface area (Å²) in [6.07, 6.45) is 2.49. The molecule has 1 amide bonds. The number of rotatable bonds is 6. The molecule has 2 aromatic rings. The van der Waals surface area contributed by atoms with Gasteiger partial charge < -0.3 is 15.4 Å². The van der Waals surface area contributed by atoms with E-state index < -0.39 is 5.82 Å². The van der Waals surface area contributed by atoms with Gasteiger partial charge in [0.25, 0.3) is 5.91 Å². The molecule has 1 fully saturated rings. The number of carbonyl (C=O) groups excluding carboxylic acids is 1. The van der Waals surface area contributed by atoms with Crippen molar-refractivity contribution >= 4 is 11.7 Å². The lowest BCUT2D eigenvalue weighted by molar-refractivity contribution is -0.132. The number of nitrogens with two attached hydrogens (primary N) is 1. The fourth-order valence-electron chi connectivity index (χ4n) is 3.12. The smallest absolute Gasteiger partial charge is 0.260 e. The average molecular weight is 373 g/mol. The summed E-state index contributed by atoms with van der Waals surface area (Å²) in [5.74, 6) is 0.592. The largest absolute Gasteiger partial charge is 0.481 e. The number of anilines is 1. The predicted octanol–water partition coefficient (Wildman–Crippen LogP) is 1.62. The highest BCUT2D eigenvalue weighted by atomic mass is 19.1. The molecule has 2 heterocycles. The number of nitrogen functional groups attached to an aromatic ring is 1. The van der Waals surface area contributed by atoms with Crippen molar-refractivity contribution in [3.05, 3.63) is 47.7 Å². The minimum Gasteiger partial charge on any atom is -0.481 e. The van der Waals surface area contributed by atoms with E-state index in [0.717, 1.165) is 12.0 Å². The number of ether oxygens (including phenoxy) is 1. The van der Waals surface area contributed by atoms with Crippen LogP contribution in [0.5, 0.6) is 5.75 Å². The molecule has 1 aliphatic heterocycles. The second kappa shape index (κ2) is 8.30. The Morgan fingerprint density at radius 3 is 3.04 bits per heavy atom. The Morgan fingerprint density at radius 1 is 1.44 bits per heavy atom. The van der Waals surface area contributed by atoms with E-state index in [-0.39, 0.29) is 24.3 Å². The molecule has 0 unspecified atom stereocenters. The van der Waals surface area contributed by atoms with Crippen molar-refractivity contribution < 1.29 is 13.9 Å². The van der Waals surface area contributed by atoms with Crippen molar-refractivity contribution in [3.8, 4) is 5.75 Å². The monoisotopic (exact) mass is 373 g/mol. The van der Waals surface area contributed by atoms with Gasteiger partial charge in [-0.05, 0) is 44.2 Å². The van der Waals surface area contributed by atoms with Crippen LogP contribution in [-0.2, 0) is 11.3 Å². The van der Waals surface area contributed by atoms with E-state index in [1.165, 1.54) is 6.07 Å². The van der Waals surface area contributed by atoms with Crippen molar-refractivity contribution in [1.29, 1.82) is 0 Å². The van der Waals surface area contributed by atoms with E-state index in [4.69, 9.17) is 10.5 Å². The van der Waals surface area contributed by atoms with Crippen molar-refractivity contribution in [2.45, 2.75) is 25.9 Å². The lowest BCUT2D eigenvalue weighted by Crippen LogP contribution is -2.38. The molecule has 7 nitrogen and oxygen atoms in total. The van der Waals surface area contributed by atoms with Crippen LogP contribution in [0.2, 0.25) is 0 Å². The van der Waals surface area contributed by atoms with Gasteiger partial charge in [-0.25, -0.2) is 14.4 Å². The molecule has 2 N–H and O–H groups in total. The second-order valence-electron chi connectivity index (χ2n) is 6.82. The van der Waals surface area contributed by atoms with Crippen LogP contribution in [-0.4, -0.2) is 58.5 Å². The number of likely N-dealkylation sites (N-methyl/N-ethyl adjacent to an activating group) is 1. The Hall–Kier alpha value is -2.74. The number of hydrogen-bond acceptors (Lipinski definition) is 6. The maximum atomic E-state index is 13.7. The van der Waals surface area contributed by atoms with Crippen molar-refractivity contribution in [1.82, 2.24) is 19.8 Å². The standard InChI is InChI=1S/C19H24FN5O2/c1-13-3-4-15(20)16(9-13)27-12-19(26)25-8-6-14(10-25)24(2)11-18-22-7-5-17(21)23-18/h3-5,7,9,14H,6,8,10-12H2,1-2H3,(H2,21,22,23)/t14-/m1/s1. The molecule has 1 aromatic carbocycles. The molecule has 1 saturated heterocycles. The molecular formula is C19H24FN5O2. The summed E-state index contributed by atoms with van der Waals surface area (Å²) in [4.78, 5) is 24.7. The highest BCUT2D eigenvalue weighted by Gasteiger charge is 2.29. The van der Waals surface area contributed by atoms with Gasteiger partial charge in [0.1, 0.15) is 11.6 Å².